The SMILES string of the molecule is COc1ccc2c(c1)CC(NC(=O)N1CCN(c3cc(Cl)ccc3C)CC1)CO2. The van der Waals surface area contributed by atoms with Crippen LogP contribution < -0.4 is 19.7 Å². The number of hydrogen-bond acceptors (Lipinski definition) is 4. The molecule has 0 aromatic heterocycles. The molecule has 4 rings (SSSR count). The first-order valence-electron chi connectivity index (χ1n) is 9.90. The fourth-order valence-corrected chi connectivity index (χ4v) is 4.10. The normalized spacial score (nSPS) is 18.7. The largest absolute Gasteiger partial charge is 0.497 e. The average Bonchev–Trinajstić information content (AvgIpc) is 2.75. The number of fused-ring (bicyclic) bond motifs is 1. The minimum Gasteiger partial charge on any atom is -0.497 e. The number of ether oxygens (including phenoxy) is 2. The average molecular weight is 416 g/mol. The lowest BCUT2D eigenvalue weighted by molar-refractivity contribution is 0.178. The Morgan fingerprint density at radius 2 is 1.97 bits per heavy atom. The number of piperazine rings is 1. The summed E-state index contributed by atoms with van der Waals surface area (Å²) in [5, 5.41) is 3.86. The highest BCUT2D eigenvalue weighted by Gasteiger charge is 2.26. The molecule has 1 saturated heterocycles. The van der Waals surface area contributed by atoms with E-state index in [1.54, 1.807) is 7.11 Å². The lowest BCUT2D eigenvalue weighted by Crippen LogP contribution is -2.55. The Morgan fingerprint density at radius 3 is 2.72 bits per heavy atom. The summed E-state index contributed by atoms with van der Waals surface area (Å²) in [7, 11) is 1.65. The zero-order chi connectivity index (χ0) is 20.4. The summed E-state index contributed by atoms with van der Waals surface area (Å²) in [6.07, 6.45) is 0.736. The third kappa shape index (κ3) is 4.37. The van der Waals surface area contributed by atoms with E-state index >= 15 is 0 Å². The second-order valence-corrected chi connectivity index (χ2v) is 7.98. The van der Waals surface area contributed by atoms with Gasteiger partial charge in [-0.1, -0.05) is 17.7 Å². The highest BCUT2D eigenvalue weighted by atomic mass is 35.5. The molecule has 154 valence electrons. The molecule has 0 spiro atoms. The van der Waals surface area contributed by atoms with E-state index in [4.69, 9.17) is 21.1 Å². The molecule has 1 N–H and O–H groups in total. The number of aryl methyl sites for hydroxylation is 1. The number of methoxy groups -OCH3 is 1. The first kappa shape index (κ1) is 19.7. The maximum absolute atomic E-state index is 12.8. The molecule has 2 heterocycles. The summed E-state index contributed by atoms with van der Waals surface area (Å²) in [5.41, 5.74) is 3.40. The van der Waals surface area contributed by atoms with Gasteiger partial charge in [-0.15, -0.1) is 0 Å². The van der Waals surface area contributed by atoms with Gasteiger partial charge < -0.3 is 24.6 Å². The van der Waals surface area contributed by atoms with E-state index in [0.717, 1.165) is 47.3 Å². The highest BCUT2D eigenvalue weighted by Crippen LogP contribution is 2.29. The molecule has 0 saturated carbocycles. The molecule has 6 nitrogen and oxygen atoms in total. The number of rotatable bonds is 3. The van der Waals surface area contributed by atoms with Crippen molar-refractivity contribution in [2.75, 3.05) is 44.8 Å². The maximum Gasteiger partial charge on any atom is 0.317 e. The van der Waals surface area contributed by atoms with Gasteiger partial charge in [0.05, 0.1) is 13.2 Å². The zero-order valence-electron chi connectivity index (χ0n) is 16.8. The summed E-state index contributed by atoms with van der Waals surface area (Å²) >= 11 is 6.16. The Morgan fingerprint density at radius 1 is 1.17 bits per heavy atom. The molecule has 2 aliphatic rings. The maximum atomic E-state index is 12.8. The zero-order valence-corrected chi connectivity index (χ0v) is 17.5. The van der Waals surface area contributed by atoms with Gasteiger partial charge in [-0.25, -0.2) is 4.79 Å². The van der Waals surface area contributed by atoms with Gasteiger partial charge in [0.1, 0.15) is 18.1 Å². The van der Waals surface area contributed by atoms with Crippen LogP contribution in [0.1, 0.15) is 11.1 Å². The minimum atomic E-state index is -0.0460. The van der Waals surface area contributed by atoms with Gasteiger partial charge in [-0.05, 0) is 54.8 Å². The molecule has 2 aliphatic heterocycles. The van der Waals surface area contributed by atoms with E-state index in [1.165, 1.54) is 5.56 Å². The lowest BCUT2D eigenvalue weighted by atomic mass is 10.0. The van der Waals surface area contributed by atoms with Crippen molar-refractivity contribution in [3.63, 3.8) is 0 Å². The molecule has 2 aromatic rings. The molecular weight excluding hydrogens is 390 g/mol. The first-order chi connectivity index (χ1) is 14.0. The molecule has 1 atom stereocenters. The van der Waals surface area contributed by atoms with E-state index in [0.29, 0.717) is 19.7 Å². The second-order valence-electron chi connectivity index (χ2n) is 7.54. The molecule has 29 heavy (non-hydrogen) atoms. The number of nitrogens with one attached hydrogen (secondary N) is 1. The van der Waals surface area contributed by atoms with Gasteiger partial charge in [0.25, 0.3) is 0 Å². The number of amides is 2. The molecule has 0 bridgehead atoms. The Hall–Kier alpha value is -2.60. The van der Waals surface area contributed by atoms with Gasteiger partial charge in [0.2, 0.25) is 0 Å². The topological polar surface area (TPSA) is 54.0 Å². The summed E-state index contributed by atoms with van der Waals surface area (Å²) in [6.45, 7) is 5.49. The summed E-state index contributed by atoms with van der Waals surface area (Å²) in [5.74, 6) is 1.66. The van der Waals surface area contributed by atoms with Crippen LogP contribution in [0.4, 0.5) is 10.5 Å². The predicted octanol–water partition coefficient (Wildman–Crippen LogP) is 3.49. The van der Waals surface area contributed by atoms with Gasteiger partial charge in [-0.2, -0.15) is 0 Å². The fraction of sp³-hybridized carbons (Fsp3) is 0.409. The van der Waals surface area contributed by atoms with Crippen LogP contribution in [0.25, 0.3) is 0 Å². The van der Waals surface area contributed by atoms with Gasteiger partial charge in [0, 0.05) is 36.9 Å². The van der Waals surface area contributed by atoms with Gasteiger partial charge in [0.15, 0.2) is 0 Å². The third-order valence-electron chi connectivity index (χ3n) is 5.58. The molecule has 1 fully saturated rings. The number of benzene rings is 2. The Labute approximate surface area is 176 Å². The molecule has 1 unspecified atom stereocenters. The van der Waals surface area contributed by atoms with Gasteiger partial charge in [-0.3, -0.25) is 0 Å². The molecule has 7 heteroatoms. The molecular formula is C22H26ClN3O3. The smallest absolute Gasteiger partial charge is 0.317 e. The predicted molar refractivity (Wildman–Crippen MR) is 114 cm³/mol. The number of carbonyl (C=O) groups is 1. The van der Waals surface area contributed by atoms with Crippen molar-refractivity contribution in [3.8, 4) is 11.5 Å². The Balaban J connectivity index is 1.33. The van der Waals surface area contributed by atoms with Crippen molar-refractivity contribution >= 4 is 23.3 Å². The Kier molecular flexibility index (Phi) is 5.72. The highest BCUT2D eigenvalue weighted by molar-refractivity contribution is 6.30. The van der Waals surface area contributed by atoms with Crippen molar-refractivity contribution in [3.05, 3.63) is 52.5 Å². The van der Waals surface area contributed by atoms with E-state index in [9.17, 15) is 4.79 Å². The van der Waals surface area contributed by atoms with Crippen LogP contribution in [-0.2, 0) is 6.42 Å². The molecule has 0 aliphatic carbocycles. The quantitative estimate of drug-likeness (QED) is 0.833. The number of carbonyl (C=O) groups excluding carboxylic acids is 1. The van der Waals surface area contributed by atoms with Crippen LogP contribution in [0.15, 0.2) is 36.4 Å². The summed E-state index contributed by atoms with van der Waals surface area (Å²) < 4.78 is 11.1. The van der Waals surface area contributed by atoms with Crippen LogP contribution in [0.3, 0.4) is 0 Å². The minimum absolute atomic E-state index is 0.0348. The second kappa shape index (κ2) is 8.41. The number of halogens is 1. The summed E-state index contributed by atoms with van der Waals surface area (Å²) in [4.78, 5) is 16.9. The molecule has 2 amide bonds. The molecule has 0 radical (unpaired) electrons. The van der Waals surface area contributed by atoms with Crippen LogP contribution in [0.2, 0.25) is 5.02 Å². The lowest BCUT2D eigenvalue weighted by Gasteiger charge is -2.37. The standard InChI is InChI=1S/C22H26ClN3O3/c1-15-3-4-17(23)13-20(15)25-7-9-26(10-8-25)22(27)24-18-11-16-12-19(28-2)5-6-21(16)29-14-18/h3-6,12-13,18H,7-11,14H2,1-2H3,(H,24,27). The number of hydrogen-bond donors (Lipinski definition) is 1. The van der Waals surface area contributed by atoms with E-state index in [2.05, 4.69) is 17.1 Å². The summed E-state index contributed by atoms with van der Waals surface area (Å²) in [6, 6.07) is 11.6. The van der Waals surface area contributed by atoms with Gasteiger partial charge >= 0.3 is 6.03 Å². The van der Waals surface area contributed by atoms with Crippen LogP contribution >= 0.6 is 11.6 Å². The third-order valence-corrected chi connectivity index (χ3v) is 5.82. The first-order valence-corrected chi connectivity index (χ1v) is 10.3. The van der Waals surface area contributed by atoms with Crippen LogP contribution in [0.5, 0.6) is 11.5 Å². The van der Waals surface area contributed by atoms with Crippen molar-refractivity contribution in [2.24, 2.45) is 0 Å². The van der Waals surface area contributed by atoms with Crippen LogP contribution in [-0.4, -0.2) is 56.9 Å². The van der Waals surface area contributed by atoms with E-state index in [-0.39, 0.29) is 12.1 Å². The van der Waals surface area contributed by atoms with Crippen molar-refractivity contribution in [2.45, 2.75) is 19.4 Å². The number of anilines is 1. The van der Waals surface area contributed by atoms with E-state index < -0.39 is 0 Å². The van der Waals surface area contributed by atoms with Crippen molar-refractivity contribution in [1.82, 2.24) is 10.2 Å². The number of nitrogens with zero attached hydrogens (tertiary/aromatic N) is 2. The van der Waals surface area contributed by atoms with E-state index in [1.807, 2.05) is 41.3 Å². The van der Waals surface area contributed by atoms with Crippen LogP contribution in [0, 0.1) is 6.92 Å². The fourth-order valence-electron chi connectivity index (χ4n) is 3.93. The monoisotopic (exact) mass is 415 g/mol. The Bertz CT molecular complexity index is 897. The van der Waals surface area contributed by atoms with Crippen molar-refractivity contribution in [1.29, 1.82) is 0 Å². The van der Waals surface area contributed by atoms with Crippen molar-refractivity contribution < 1.29 is 14.3 Å². The number of urea groups is 1. The molecule has 2 aromatic carbocycles.